The second-order valence-electron chi connectivity index (χ2n) is 4.65. The van der Waals surface area contributed by atoms with Crippen molar-refractivity contribution in [3.8, 4) is 0 Å². The van der Waals surface area contributed by atoms with E-state index in [4.69, 9.17) is 4.55 Å². The zero-order valence-electron chi connectivity index (χ0n) is 10.8. The van der Waals surface area contributed by atoms with E-state index in [1.54, 1.807) is 24.3 Å². The summed E-state index contributed by atoms with van der Waals surface area (Å²) in [6, 6.07) is 6.65. The minimum atomic E-state index is -3.94. The molecule has 1 aromatic carbocycles. The fraction of sp³-hybridized carbons (Fsp3) is 0.385. The number of imide groups is 1. The summed E-state index contributed by atoms with van der Waals surface area (Å²) in [6.45, 7) is 0.262. The third-order valence-corrected chi connectivity index (χ3v) is 3.97. The van der Waals surface area contributed by atoms with E-state index < -0.39 is 10.1 Å². The van der Waals surface area contributed by atoms with Crippen LogP contribution in [0.3, 0.4) is 0 Å². The zero-order chi connectivity index (χ0) is 14.8. The summed E-state index contributed by atoms with van der Waals surface area (Å²) in [5.74, 6) is -0.907. The van der Waals surface area contributed by atoms with Gasteiger partial charge in [0.25, 0.3) is 21.9 Å². The minimum absolute atomic E-state index is 0.262. The summed E-state index contributed by atoms with van der Waals surface area (Å²) < 4.78 is 29.7. The summed E-state index contributed by atoms with van der Waals surface area (Å²) in [6.07, 6.45) is 1.34. The van der Waals surface area contributed by atoms with Gasteiger partial charge in [-0.3, -0.25) is 19.0 Å². The Morgan fingerprint density at radius 2 is 1.50 bits per heavy atom. The number of unbranched alkanes of at least 4 members (excludes halogenated alkanes) is 2. The highest BCUT2D eigenvalue weighted by Crippen LogP contribution is 2.22. The van der Waals surface area contributed by atoms with Gasteiger partial charge in [-0.2, -0.15) is 8.42 Å². The Morgan fingerprint density at radius 1 is 0.950 bits per heavy atom. The van der Waals surface area contributed by atoms with Crippen LogP contribution in [0, 0.1) is 0 Å². The Labute approximate surface area is 117 Å². The number of hydrogen-bond donors (Lipinski definition) is 1. The van der Waals surface area contributed by atoms with E-state index in [1.807, 2.05) is 0 Å². The van der Waals surface area contributed by atoms with Crippen molar-refractivity contribution in [3.05, 3.63) is 35.4 Å². The largest absolute Gasteiger partial charge is 0.286 e. The predicted octanol–water partition coefficient (Wildman–Crippen LogP) is 1.34. The van der Waals surface area contributed by atoms with E-state index in [0.717, 1.165) is 0 Å². The van der Waals surface area contributed by atoms with Crippen molar-refractivity contribution < 1.29 is 22.6 Å². The van der Waals surface area contributed by atoms with Gasteiger partial charge in [0.1, 0.15) is 0 Å². The van der Waals surface area contributed by atoms with Gasteiger partial charge < -0.3 is 0 Å². The van der Waals surface area contributed by atoms with Crippen LogP contribution in [-0.2, 0) is 10.1 Å². The molecule has 0 fully saturated rings. The van der Waals surface area contributed by atoms with E-state index in [9.17, 15) is 18.0 Å². The van der Waals surface area contributed by atoms with Gasteiger partial charge in [-0.15, -0.1) is 0 Å². The summed E-state index contributed by atoms with van der Waals surface area (Å²) in [4.78, 5) is 25.2. The molecular weight excluding hydrogens is 282 g/mol. The molecule has 0 atom stereocenters. The lowest BCUT2D eigenvalue weighted by molar-refractivity contribution is 0.0651. The molecule has 1 aliphatic heterocycles. The first-order chi connectivity index (χ1) is 9.40. The first-order valence-corrected chi connectivity index (χ1v) is 7.91. The maximum atomic E-state index is 12.0. The van der Waals surface area contributed by atoms with Gasteiger partial charge >= 0.3 is 0 Å². The van der Waals surface area contributed by atoms with Crippen LogP contribution >= 0.6 is 0 Å². The highest BCUT2D eigenvalue weighted by atomic mass is 32.2. The van der Waals surface area contributed by atoms with E-state index in [1.165, 1.54) is 4.90 Å². The van der Waals surface area contributed by atoms with E-state index >= 15 is 0 Å². The molecule has 0 saturated carbocycles. The highest BCUT2D eigenvalue weighted by Gasteiger charge is 2.34. The topological polar surface area (TPSA) is 91.8 Å². The van der Waals surface area contributed by atoms with Crippen molar-refractivity contribution >= 4 is 21.9 Å². The van der Waals surface area contributed by atoms with E-state index in [0.29, 0.717) is 30.4 Å². The van der Waals surface area contributed by atoms with Crippen molar-refractivity contribution in [1.82, 2.24) is 4.90 Å². The van der Waals surface area contributed by atoms with Crippen LogP contribution in [-0.4, -0.2) is 42.0 Å². The number of hydrogen-bond acceptors (Lipinski definition) is 4. The first kappa shape index (κ1) is 14.7. The van der Waals surface area contributed by atoms with Crippen LogP contribution in [0.5, 0.6) is 0 Å². The number of amides is 2. The predicted molar refractivity (Wildman–Crippen MR) is 72.1 cm³/mol. The van der Waals surface area contributed by atoms with Crippen molar-refractivity contribution in [3.63, 3.8) is 0 Å². The van der Waals surface area contributed by atoms with Crippen molar-refractivity contribution in [2.45, 2.75) is 19.3 Å². The van der Waals surface area contributed by atoms with Crippen molar-refractivity contribution in [2.75, 3.05) is 12.3 Å². The molecule has 1 N–H and O–H groups in total. The number of rotatable bonds is 6. The third kappa shape index (κ3) is 3.23. The molecule has 0 radical (unpaired) electrons. The molecule has 0 bridgehead atoms. The van der Waals surface area contributed by atoms with Gasteiger partial charge in [0.15, 0.2) is 0 Å². The molecule has 1 heterocycles. The van der Waals surface area contributed by atoms with Gasteiger partial charge in [0, 0.05) is 6.54 Å². The Bertz CT molecular complexity index is 603. The summed E-state index contributed by atoms with van der Waals surface area (Å²) in [7, 11) is -3.94. The van der Waals surface area contributed by atoms with Gasteiger partial charge in [-0.05, 0) is 25.0 Å². The Balaban J connectivity index is 1.87. The molecule has 0 aromatic heterocycles. The third-order valence-electron chi connectivity index (χ3n) is 3.16. The van der Waals surface area contributed by atoms with Crippen LogP contribution in [0.1, 0.15) is 40.0 Å². The Morgan fingerprint density at radius 3 is 2.00 bits per heavy atom. The molecule has 1 aliphatic rings. The molecule has 108 valence electrons. The lowest BCUT2D eigenvalue weighted by Gasteiger charge is -2.13. The molecule has 7 heteroatoms. The molecule has 6 nitrogen and oxygen atoms in total. The van der Waals surface area contributed by atoms with E-state index in [-0.39, 0.29) is 24.1 Å². The number of nitrogens with zero attached hydrogens (tertiary/aromatic N) is 1. The van der Waals surface area contributed by atoms with Crippen LogP contribution in [0.4, 0.5) is 0 Å². The standard InChI is InChI=1S/C13H15NO5S/c15-12-10-6-2-3-7-11(10)13(16)14(12)8-4-1-5-9-20(17,18)19/h2-3,6-7H,1,4-5,8-9H2,(H,17,18,19). The smallest absolute Gasteiger partial charge is 0.264 e. The number of fused-ring (bicyclic) bond motifs is 1. The molecule has 2 rings (SSSR count). The zero-order valence-corrected chi connectivity index (χ0v) is 11.6. The van der Waals surface area contributed by atoms with Crippen molar-refractivity contribution in [2.24, 2.45) is 0 Å². The molecule has 2 amide bonds. The first-order valence-electron chi connectivity index (χ1n) is 6.30. The van der Waals surface area contributed by atoms with Gasteiger partial charge in [-0.25, -0.2) is 0 Å². The minimum Gasteiger partial charge on any atom is -0.286 e. The highest BCUT2D eigenvalue weighted by molar-refractivity contribution is 7.85. The molecule has 20 heavy (non-hydrogen) atoms. The van der Waals surface area contributed by atoms with Crippen molar-refractivity contribution in [1.29, 1.82) is 0 Å². The Hall–Kier alpha value is -1.73. The second-order valence-corrected chi connectivity index (χ2v) is 6.23. The summed E-state index contributed by atoms with van der Waals surface area (Å²) >= 11 is 0. The van der Waals surface area contributed by atoms with Gasteiger partial charge in [0.2, 0.25) is 0 Å². The lowest BCUT2D eigenvalue weighted by atomic mass is 10.1. The molecule has 0 aliphatic carbocycles. The maximum Gasteiger partial charge on any atom is 0.264 e. The lowest BCUT2D eigenvalue weighted by Crippen LogP contribution is -2.30. The monoisotopic (exact) mass is 297 g/mol. The SMILES string of the molecule is O=C1c2ccccc2C(=O)N1CCCCCS(=O)(=O)O. The summed E-state index contributed by atoms with van der Waals surface area (Å²) in [5.41, 5.74) is 0.825. The van der Waals surface area contributed by atoms with Gasteiger partial charge in [-0.1, -0.05) is 18.6 Å². The number of carbonyl (C=O) groups excluding carboxylic acids is 2. The van der Waals surface area contributed by atoms with E-state index in [2.05, 4.69) is 0 Å². The normalized spacial score (nSPS) is 14.8. The number of carbonyl (C=O) groups is 2. The molecular formula is C13H15NO5S. The van der Waals surface area contributed by atoms with Crippen LogP contribution in [0.2, 0.25) is 0 Å². The van der Waals surface area contributed by atoms with Gasteiger partial charge in [0.05, 0.1) is 16.9 Å². The van der Waals surface area contributed by atoms with Crippen LogP contribution in [0.25, 0.3) is 0 Å². The molecule has 0 unspecified atom stereocenters. The molecule has 0 saturated heterocycles. The fourth-order valence-corrected chi connectivity index (χ4v) is 2.74. The average Bonchev–Trinajstić information content (AvgIpc) is 2.62. The Kier molecular flexibility index (Phi) is 4.20. The fourth-order valence-electron chi connectivity index (χ4n) is 2.17. The molecule has 1 aromatic rings. The quantitative estimate of drug-likeness (QED) is 0.486. The number of benzene rings is 1. The van der Waals surface area contributed by atoms with Crippen LogP contribution < -0.4 is 0 Å². The van der Waals surface area contributed by atoms with Crippen LogP contribution in [0.15, 0.2) is 24.3 Å². The second kappa shape index (κ2) is 5.72. The average molecular weight is 297 g/mol. The maximum absolute atomic E-state index is 12.0. The summed E-state index contributed by atoms with van der Waals surface area (Å²) in [5, 5.41) is 0. The molecule has 0 spiro atoms.